The van der Waals surface area contributed by atoms with Gasteiger partial charge in [0.15, 0.2) is 6.21 Å². The van der Waals surface area contributed by atoms with Crippen molar-refractivity contribution in [2.45, 2.75) is 6.92 Å². The molecular formula is C21H18NO+. The van der Waals surface area contributed by atoms with Crippen molar-refractivity contribution in [3.05, 3.63) is 83.9 Å². The van der Waals surface area contributed by atoms with Crippen molar-refractivity contribution < 1.29 is 9.31 Å². The summed E-state index contributed by atoms with van der Waals surface area (Å²) < 4.78 is 8.18. The molecule has 0 aromatic heterocycles. The second kappa shape index (κ2) is 5.73. The van der Waals surface area contributed by atoms with Gasteiger partial charge in [-0.3, -0.25) is 0 Å². The average molecular weight is 300 g/mol. The summed E-state index contributed by atoms with van der Waals surface area (Å²) in [5, 5.41) is 0. The molecule has 1 aliphatic heterocycles. The number of rotatable bonds is 2. The van der Waals surface area contributed by atoms with Crippen LogP contribution in [0.1, 0.15) is 11.1 Å². The first-order valence-corrected chi connectivity index (χ1v) is 7.81. The lowest BCUT2D eigenvalue weighted by Crippen LogP contribution is -2.21. The normalized spacial score (nSPS) is 13.0. The monoisotopic (exact) mass is 300 g/mol. The predicted octanol–water partition coefficient (Wildman–Crippen LogP) is 4.78. The molecule has 0 bridgehead atoms. The Kier molecular flexibility index (Phi) is 3.43. The fraction of sp³-hybridized carbons (Fsp3) is 0.0952. The number of nitrogens with zero attached hydrogens (tertiary/aromatic N) is 1. The number of aryl methyl sites for hydroxylation is 1. The highest BCUT2D eigenvalue weighted by molar-refractivity contribution is 5.83. The lowest BCUT2D eigenvalue weighted by Gasteiger charge is -2.16. The van der Waals surface area contributed by atoms with Crippen LogP contribution in [0.5, 0.6) is 5.75 Å². The molecule has 0 atom stereocenters. The van der Waals surface area contributed by atoms with Crippen LogP contribution < -0.4 is 4.74 Å². The lowest BCUT2D eigenvalue weighted by atomic mass is 10.0. The minimum Gasteiger partial charge on any atom is -0.435 e. The smallest absolute Gasteiger partial charge is 0.292 e. The van der Waals surface area contributed by atoms with Crippen LogP contribution in [0, 0.1) is 6.92 Å². The molecule has 23 heavy (non-hydrogen) atoms. The van der Waals surface area contributed by atoms with Crippen LogP contribution in [0.2, 0.25) is 0 Å². The van der Waals surface area contributed by atoms with Gasteiger partial charge in [-0.25, -0.2) is 0 Å². The first-order chi connectivity index (χ1) is 11.3. The van der Waals surface area contributed by atoms with E-state index in [1.54, 1.807) is 0 Å². The van der Waals surface area contributed by atoms with Crippen molar-refractivity contribution in [2.75, 3.05) is 6.73 Å². The quantitative estimate of drug-likeness (QED) is 0.621. The van der Waals surface area contributed by atoms with Gasteiger partial charge < -0.3 is 4.74 Å². The molecule has 0 N–H and O–H groups in total. The number of para-hydroxylation sites is 2. The minimum atomic E-state index is 0.529. The molecule has 0 fully saturated rings. The topological polar surface area (TPSA) is 12.2 Å². The Morgan fingerprint density at radius 3 is 2.48 bits per heavy atom. The summed E-state index contributed by atoms with van der Waals surface area (Å²) >= 11 is 0. The maximum absolute atomic E-state index is 6.01. The van der Waals surface area contributed by atoms with Gasteiger partial charge in [-0.1, -0.05) is 54.6 Å². The molecule has 0 radical (unpaired) electrons. The van der Waals surface area contributed by atoms with Gasteiger partial charge in [0.2, 0.25) is 5.69 Å². The maximum atomic E-state index is 6.01. The van der Waals surface area contributed by atoms with Crippen LogP contribution in [-0.2, 0) is 0 Å². The maximum Gasteiger partial charge on any atom is 0.292 e. The third kappa shape index (κ3) is 2.53. The van der Waals surface area contributed by atoms with Crippen molar-refractivity contribution in [3.63, 3.8) is 0 Å². The van der Waals surface area contributed by atoms with Crippen LogP contribution >= 0.6 is 0 Å². The molecule has 0 spiro atoms. The van der Waals surface area contributed by atoms with Gasteiger partial charge in [0.25, 0.3) is 6.73 Å². The Morgan fingerprint density at radius 1 is 0.826 bits per heavy atom. The highest BCUT2D eigenvalue weighted by Gasteiger charge is 2.22. The summed E-state index contributed by atoms with van der Waals surface area (Å²) in [5.74, 6) is 0.987. The lowest BCUT2D eigenvalue weighted by molar-refractivity contribution is -0.475. The second-order valence-electron chi connectivity index (χ2n) is 5.75. The Labute approximate surface area is 136 Å². The fourth-order valence-electron chi connectivity index (χ4n) is 3.04. The third-order valence-corrected chi connectivity index (χ3v) is 4.18. The number of hydrogen-bond donors (Lipinski definition) is 0. The molecule has 0 saturated carbocycles. The van der Waals surface area contributed by atoms with E-state index in [4.69, 9.17) is 4.74 Å². The molecule has 3 aromatic carbocycles. The van der Waals surface area contributed by atoms with E-state index in [1.165, 1.54) is 16.7 Å². The standard InChI is InChI=1S/C21H18NO/c1-16-8-7-11-18-14-22(15-23-21(16)18)20-13-6-5-12-19(20)17-9-3-2-4-10-17/h2-14H,15H2,1H3/q+1. The van der Waals surface area contributed by atoms with Gasteiger partial charge in [-0.2, -0.15) is 4.58 Å². The number of hydrogen-bond acceptors (Lipinski definition) is 1. The Hall–Kier alpha value is -2.87. The second-order valence-corrected chi connectivity index (χ2v) is 5.75. The third-order valence-electron chi connectivity index (χ3n) is 4.18. The van der Waals surface area contributed by atoms with Crippen LogP contribution in [0.15, 0.2) is 72.8 Å². The Balaban J connectivity index is 1.84. The SMILES string of the molecule is Cc1cccc2c1OC[N+](c1ccccc1-c1ccccc1)=C2. The van der Waals surface area contributed by atoms with E-state index in [1.807, 2.05) is 6.07 Å². The van der Waals surface area contributed by atoms with Gasteiger partial charge in [0.1, 0.15) is 5.75 Å². The van der Waals surface area contributed by atoms with Gasteiger partial charge in [-0.15, -0.1) is 0 Å². The van der Waals surface area contributed by atoms with Crippen LogP contribution in [0.3, 0.4) is 0 Å². The molecule has 2 nitrogen and oxygen atoms in total. The number of ether oxygens (including phenoxy) is 1. The van der Waals surface area contributed by atoms with Crippen LogP contribution in [0.4, 0.5) is 5.69 Å². The largest absolute Gasteiger partial charge is 0.435 e. The molecule has 0 unspecified atom stereocenters. The first-order valence-electron chi connectivity index (χ1n) is 7.81. The molecule has 0 saturated heterocycles. The van der Waals surface area contributed by atoms with Crippen LogP contribution in [-0.4, -0.2) is 17.5 Å². The first kappa shape index (κ1) is 13.8. The molecule has 2 heteroatoms. The molecular weight excluding hydrogens is 282 g/mol. The van der Waals surface area contributed by atoms with Crippen molar-refractivity contribution in [1.29, 1.82) is 0 Å². The zero-order chi connectivity index (χ0) is 15.6. The van der Waals surface area contributed by atoms with Gasteiger partial charge in [0, 0.05) is 6.07 Å². The molecule has 0 aliphatic carbocycles. The molecule has 1 aliphatic rings. The van der Waals surface area contributed by atoms with Crippen molar-refractivity contribution in [3.8, 4) is 16.9 Å². The van der Waals surface area contributed by atoms with E-state index < -0.39 is 0 Å². The van der Waals surface area contributed by atoms with Gasteiger partial charge in [-0.05, 0) is 30.2 Å². The predicted molar refractivity (Wildman–Crippen MR) is 93.6 cm³/mol. The summed E-state index contributed by atoms with van der Waals surface area (Å²) in [6.07, 6.45) is 2.17. The fourth-order valence-corrected chi connectivity index (χ4v) is 3.04. The summed E-state index contributed by atoms with van der Waals surface area (Å²) in [6.45, 7) is 2.61. The molecule has 112 valence electrons. The molecule has 1 heterocycles. The van der Waals surface area contributed by atoms with E-state index >= 15 is 0 Å². The van der Waals surface area contributed by atoms with Gasteiger partial charge >= 0.3 is 0 Å². The van der Waals surface area contributed by atoms with Gasteiger partial charge in [0.05, 0.1) is 11.1 Å². The number of benzene rings is 3. The minimum absolute atomic E-state index is 0.529. The van der Waals surface area contributed by atoms with Crippen molar-refractivity contribution in [2.24, 2.45) is 0 Å². The highest BCUT2D eigenvalue weighted by Crippen LogP contribution is 2.32. The van der Waals surface area contributed by atoms with Crippen LogP contribution in [0.25, 0.3) is 11.1 Å². The molecule has 3 aromatic rings. The van der Waals surface area contributed by atoms with E-state index in [9.17, 15) is 0 Å². The number of fused-ring (bicyclic) bond motifs is 1. The summed E-state index contributed by atoms with van der Waals surface area (Å²) in [5.41, 5.74) is 5.88. The molecule has 4 rings (SSSR count). The van der Waals surface area contributed by atoms with E-state index in [0.717, 1.165) is 17.0 Å². The zero-order valence-electron chi connectivity index (χ0n) is 13.1. The van der Waals surface area contributed by atoms with Crippen molar-refractivity contribution in [1.82, 2.24) is 0 Å². The Morgan fingerprint density at radius 2 is 1.61 bits per heavy atom. The Bertz CT molecular complexity index is 881. The van der Waals surface area contributed by atoms with E-state index in [2.05, 4.69) is 84.4 Å². The summed E-state index contributed by atoms with van der Waals surface area (Å²) in [6, 6.07) is 25.2. The average Bonchev–Trinajstić information content (AvgIpc) is 2.62. The summed E-state index contributed by atoms with van der Waals surface area (Å²) in [4.78, 5) is 0. The van der Waals surface area contributed by atoms with E-state index in [0.29, 0.717) is 6.73 Å². The van der Waals surface area contributed by atoms with E-state index in [-0.39, 0.29) is 0 Å². The highest BCUT2D eigenvalue weighted by atomic mass is 16.5. The molecule has 0 amide bonds. The van der Waals surface area contributed by atoms with Crippen molar-refractivity contribution >= 4 is 11.9 Å². The summed E-state index contributed by atoms with van der Waals surface area (Å²) in [7, 11) is 0. The zero-order valence-corrected chi connectivity index (χ0v) is 13.1.